The number of hydrogen-bond acceptors (Lipinski definition) is 4. The van der Waals surface area contributed by atoms with Gasteiger partial charge >= 0.3 is 0 Å². The standard InChI is InChI=1S/C36H28N3OPS/c1-36(2,3)35-38-32-26(23-17-19-24(20-18-23)34-37-27-13-7-10-16-31(27)42-34)21-22-30-33(32)39(35)28-14-8-9-15-29(28)41(30,40)25-11-5-4-6-12-25/h4-22H,1-3H3. The second kappa shape index (κ2) is 9.09. The van der Waals surface area contributed by atoms with E-state index in [2.05, 4.69) is 86.0 Å². The lowest BCUT2D eigenvalue weighted by atomic mass is 9.95. The molecule has 4 nitrogen and oxygen atoms in total. The van der Waals surface area contributed by atoms with Gasteiger partial charge in [-0.2, -0.15) is 0 Å². The monoisotopic (exact) mass is 581 g/mol. The Hall–Kier alpha value is -4.31. The average molecular weight is 582 g/mol. The molecular weight excluding hydrogens is 553 g/mol. The zero-order valence-corrected chi connectivity index (χ0v) is 25.3. The molecule has 8 rings (SSSR count). The zero-order valence-electron chi connectivity index (χ0n) is 23.6. The summed E-state index contributed by atoms with van der Waals surface area (Å²) in [7, 11) is -3.14. The summed E-state index contributed by atoms with van der Waals surface area (Å²) in [6.07, 6.45) is 0. The van der Waals surface area contributed by atoms with Gasteiger partial charge in [-0.15, -0.1) is 11.3 Å². The maximum atomic E-state index is 15.4. The summed E-state index contributed by atoms with van der Waals surface area (Å²) >= 11 is 1.71. The highest BCUT2D eigenvalue weighted by molar-refractivity contribution is 7.86. The van der Waals surface area contributed by atoms with Crippen LogP contribution in [0.2, 0.25) is 0 Å². The van der Waals surface area contributed by atoms with Gasteiger partial charge in [-0.1, -0.05) is 106 Å². The van der Waals surface area contributed by atoms with E-state index in [0.717, 1.165) is 65.7 Å². The maximum absolute atomic E-state index is 15.4. The normalized spacial score (nSPS) is 16.2. The molecular formula is C36H28N3OPS. The number of benzene rings is 5. The molecule has 0 fully saturated rings. The number of thiazole rings is 1. The van der Waals surface area contributed by atoms with Crippen LogP contribution in [0.5, 0.6) is 0 Å². The van der Waals surface area contributed by atoms with Gasteiger partial charge in [-0.3, -0.25) is 4.57 Å². The molecule has 1 aliphatic heterocycles. The van der Waals surface area contributed by atoms with Crippen LogP contribution in [0.3, 0.4) is 0 Å². The summed E-state index contributed by atoms with van der Waals surface area (Å²) < 4.78 is 18.9. The fraction of sp³-hybridized carbons (Fsp3) is 0.111. The first-order valence-electron chi connectivity index (χ1n) is 14.1. The van der Waals surface area contributed by atoms with Crippen molar-refractivity contribution in [1.82, 2.24) is 14.5 Å². The van der Waals surface area contributed by atoms with Crippen molar-refractivity contribution in [3.63, 3.8) is 0 Å². The summed E-state index contributed by atoms with van der Waals surface area (Å²) in [5.41, 5.74) is 6.78. The Bertz CT molecular complexity index is 2170. The molecule has 0 N–H and O–H groups in total. The highest BCUT2D eigenvalue weighted by Crippen LogP contribution is 2.51. The predicted octanol–water partition coefficient (Wildman–Crippen LogP) is 8.22. The highest BCUT2D eigenvalue weighted by atomic mass is 32.1. The average Bonchev–Trinajstić information content (AvgIpc) is 3.64. The van der Waals surface area contributed by atoms with Gasteiger partial charge in [-0.25, -0.2) is 9.97 Å². The largest absolute Gasteiger partial charge is 0.308 e. The van der Waals surface area contributed by atoms with Gasteiger partial charge in [0.2, 0.25) is 0 Å². The van der Waals surface area contributed by atoms with Crippen LogP contribution >= 0.6 is 18.5 Å². The van der Waals surface area contributed by atoms with Crippen LogP contribution < -0.4 is 15.9 Å². The van der Waals surface area contributed by atoms with Crippen LogP contribution in [-0.4, -0.2) is 14.5 Å². The Kier molecular flexibility index (Phi) is 5.50. The van der Waals surface area contributed by atoms with Crippen LogP contribution in [0.1, 0.15) is 26.6 Å². The molecule has 0 aliphatic carbocycles. The van der Waals surface area contributed by atoms with Crippen LogP contribution in [0.4, 0.5) is 0 Å². The Morgan fingerprint density at radius 3 is 2.14 bits per heavy atom. The minimum atomic E-state index is -3.14. The molecule has 3 heterocycles. The third-order valence-corrected chi connectivity index (χ3v) is 12.3. The van der Waals surface area contributed by atoms with Gasteiger partial charge in [0.05, 0.1) is 26.9 Å². The van der Waals surface area contributed by atoms with Crippen LogP contribution in [0, 0.1) is 0 Å². The van der Waals surface area contributed by atoms with Gasteiger partial charge in [0.1, 0.15) is 10.8 Å². The van der Waals surface area contributed by atoms with Crippen LogP contribution in [-0.2, 0) is 9.98 Å². The third-order valence-electron chi connectivity index (χ3n) is 8.11. The Labute approximate surface area is 248 Å². The Morgan fingerprint density at radius 2 is 1.38 bits per heavy atom. The lowest BCUT2D eigenvalue weighted by molar-refractivity contribution is 0.539. The number of fused-ring (bicyclic) bond motifs is 3. The van der Waals surface area contributed by atoms with Gasteiger partial charge in [0.25, 0.3) is 0 Å². The van der Waals surface area contributed by atoms with Crippen molar-refractivity contribution in [1.29, 1.82) is 0 Å². The van der Waals surface area contributed by atoms with Crippen molar-refractivity contribution in [3.05, 3.63) is 121 Å². The first-order chi connectivity index (χ1) is 20.3. The van der Waals surface area contributed by atoms with E-state index in [9.17, 15) is 0 Å². The summed E-state index contributed by atoms with van der Waals surface area (Å²) in [6.45, 7) is 6.58. The maximum Gasteiger partial charge on any atom is 0.175 e. The minimum Gasteiger partial charge on any atom is -0.308 e. The van der Waals surface area contributed by atoms with E-state index in [1.54, 1.807) is 11.3 Å². The molecule has 0 bridgehead atoms. The van der Waals surface area contributed by atoms with Crippen molar-refractivity contribution >= 4 is 55.6 Å². The molecule has 0 amide bonds. The molecule has 204 valence electrons. The van der Waals surface area contributed by atoms with Crippen molar-refractivity contribution in [2.45, 2.75) is 26.2 Å². The van der Waals surface area contributed by atoms with Crippen molar-refractivity contribution in [2.75, 3.05) is 0 Å². The zero-order chi connectivity index (χ0) is 28.6. The van der Waals surface area contributed by atoms with E-state index >= 15 is 4.57 Å². The smallest absolute Gasteiger partial charge is 0.175 e. The molecule has 6 heteroatoms. The molecule has 1 unspecified atom stereocenters. The first-order valence-corrected chi connectivity index (χ1v) is 16.6. The molecule has 1 atom stereocenters. The molecule has 0 radical (unpaired) electrons. The van der Waals surface area contributed by atoms with Gasteiger partial charge in [-0.05, 0) is 35.9 Å². The van der Waals surface area contributed by atoms with E-state index in [1.165, 1.54) is 4.70 Å². The quantitative estimate of drug-likeness (QED) is 0.198. The molecule has 0 saturated heterocycles. The van der Waals surface area contributed by atoms with Crippen LogP contribution in [0.25, 0.3) is 48.6 Å². The van der Waals surface area contributed by atoms with Crippen LogP contribution in [0.15, 0.2) is 115 Å². The summed E-state index contributed by atoms with van der Waals surface area (Å²) in [4.78, 5) is 10.2. The van der Waals surface area contributed by atoms with Crippen molar-refractivity contribution in [3.8, 4) is 27.4 Å². The summed E-state index contributed by atoms with van der Waals surface area (Å²) in [5, 5.41) is 3.57. The number of aromatic nitrogens is 3. The number of imidazole rings is 1. The summed E-state index contributed by atoms with van der Waals surface area (Å²) in [5.74, 6) is 0.962. The van der Waals surface area contributed by atoms with E-state index < -0.39 is 7.14 Å². The SMILES string of the molecule is CC(C)(C)c1nc2c(-c3ccc(-c4nc5ccccc5s4)cc3)ccc3c2n1-c1ccccc1P3(=O)c1ccccc1. The van der Waals surface area contributed by atoms with E-state index in [1.807, 2.05) is 54.6 Å². The number of hydrogen-bond donors (Lipinski definition) is 0. The molecule has 5 aromatic carbocycles. The van der Waals surface area contributed by atoms with Gasteiger partial charge in [0.15, 0.2) is 7.14 Å². The molecule has 42 heavy (non-hydrogen) atoms. The topological polar surface area (TPSA) is 47.8 Å². The van der Waals surface area contributed by atoms with Gasteiger partial charge in [0, 0.05) is 32.5 Å². The lowest BCUT2D eigenvalue weighted by Crippen LogP contribution is -2.34. The molecule has 1 aliphatic rings. The molecule has 2 aromatic heterocycles. The number of para-hydroxylation sites is 2. The minimum absolute atomic E-state index is 0.231. The molecule has 7 aromatic rings. The summed E-state index contributed by atoms with van der Waals surface area (Å²) in [6, 6.07) is 39.1. The fourth-order valence-corrected chi connectivity index (χ4v) is 10.1. The first kappa shape index (κ1) is 25.4. The predicted molar refractivity (Wildman–Crippen MR) is 177 cm³/mol. The number of rotatable bonds is 3. The lowest BCUT2D eigenvalue weighted by Gasteiger charge is -2.31. The fourth-order valence-electron chi connectivity index (χ4n) is 6.14. The second-order valence-corrected chi connectivity index (χ2v) is 15.6. The third kappa shape index (κ3) is 3.64. The van der Waals surface area contributed by atoms with Crippen molar-refractivity contribution in [2.24, 2.45) is 0 Å². The number of nitrogens with zero attached hydrogens (tertiary/aromatic N) is 3. The second-order valence-electron chi connectivity index (χ2n) is 11.8. The Morgan fingerprint density at radius 1 is 0.690 bits per heavy atom. The van der Waals surface area contributed by atoms with Gasteiger partial charge < -0.3 is 4.57 Å². The van der Waals surface area contributed by atoms with E-state index in [4.69, 9.17) is 9.97 Å². The highest BCUT2D eigenvalue weighted by Gasteiger charge is 2.41. The molecule has 0 spiro atoms. The van der Waals surface area contributed by atoms with E-state index in [-0.39, 0.29) is 5.41 Å². The van der Waals surface area contributed by atoms with Crippen molar-refractivity contribution < 1.29 is 4.57 Å². The Balaban J connectivity index is 1.37. The molecule has 0 saturated carbocycles. The van der Waals surface area contributed by atoms with E-state index in [0.29, 0.717) is 0 Å².